The van der Waals surface area contributed by atoms with E-state index in [0.717, 1.165) is 13.5 Å². The highest BCUT2D eigenvalue weighted by Gasteiger charge is 2.79. The molecule has 34 heavy (non-hydrogen) atoms. The Morgan fingerprint density at radius 3 is 2.21 bits per heavy atom. The van der Waals surface area contributed by atoms with Crippen LogP contribution in [-0.2, 0) is 33.8 Å². The highest BCUT2D eigenvalue weighted by molar-refractivity contribution is 7.89. The van der Waals surface area contributed by atoms with Crippen molar-refractivity contribution in [3.63, 3.8) is 0 Å². The molecule has 10 heteroatoms. The van der Waals surface area contributed by atoms with Crippen LogP contribution in [0.4, 0.5) is 0 Å². The van der Waals surface area contributed by atoms with Crippen molar-refractivity contribution in [1.29, 1.82) is 0 Å². The highest BCUT2D eigenvalue weighted by Crippen LogP contribution is 2.73. The van der Waals surface area contributed by atoms with Gasteiger partial charge in [0, 0.05) is 24.4 Å². The number of aliphatic hydroxyl groups is 1. The van der Waals surface area contributed by atoms with Crippen molar-refractivity contribution >= 4 is 22.0 Å². The molecule has 2 saturated carbocycles. The van der Waals surface area contributed by atoms with Gasteiger partial charge in [-0.2, -0.15) is 4.31 Å². The Bertz CT molecular complexity index is 939. The topological polar surface area (TPSA) is 119 Å². The molecule has 3 aliphatic rings. The zero-order valence-corrected chi connectivity index (χ0v) is 22.7. The summed E-state index contributed by atoms with van der Waals surface area (Å²) >= 11 is 0. The van der Waals surface area contributed by atoms with Gasteiger partial charge in [-0.3, -0.25) is 0 Å². The second-order valence-corrected chi connectivity index (χ2v) is 13.5. The predicted molar refractivity (Wildman–Crippen MR) is 125 cm³/mol. The lowest BCUT2D eigenvalue weighted by atomic mass is 9.68. The largest absolute Gasteiger partial charge is 0.467 e. The molecule has 2 bridgehead atoms. The van der Waals surface area contributed by atoms with E-state index < -0.39 is 56.2 Å². The molecule has 1 heterocycles. The number of hydrogen-bond acceptors (Lipinski definition) is 8. The number of sulfonamides is 1. The molecule has 1 saturated heterocycles. The molecule has 3 rings (SSSR count). The van der Waals surface area contributed by atoms with Gasteiger partial charge in [-0.1, -0.05) is 20.8 Å². The van der Waals surface area contributed by atoms with Crippen LogP contribution in [0.2, 0.25) is 0 Å². The van der Waals surface area contributed by atoms with E-state index in [9.17, 15) is 23.1 Å². The molecule has 6 atom stereocenters. The van der Waals surface area contributed by atoms with E-state index in [0.29, 0.717) is 12.8 Å². The quantitative estimate of drug-likeness (QED) is 0.502. The molecular weight excluding hydrogens is 462 g/mol. The fourth-order valence-corrected chi connectivity index (χ4v) is 9.68. The Morgan fingerprint density at radius 1 is 1.18 bits per heavy atom. The molecule has 3 fully saturated rings. The van der Waals surface area contributed by atoms with E-state index >= 15 is 0 Å². The number of esters is 2. The maximum absolute atomic E-state index is 13.8. The number of hydrogen-bond donors (Lipinski definition) is 1. The molecule has 0 aromatic rings. The average molecular weight is 504 g/mol. The summed E-state index contributed by atoms with van der Waals surface area (Å²) in [5.41, 5.74) is -3.09. The molecule has 0 amide bonds. The van der Waals surface area contributed by atoms with Crippen LogP contribution in [0.15, 0.2) is 0 Å². The predicted octanol–water partition coefficient (Wildman–Crippen LogP) is 2.46. The van der Waals surface area contributed by atoms with Crippen LogP contribution < -0.4 is 0 Å². The van der Waals surface area contributed by atoms with Crippen LogP contribution in [-0.4, -0.2) is 72.2 Å². The maximum atomic E-state index is 13.8. The molecule has 1 spiro atoms. The summed E-state index contributed by atoms with van der Waals surface area (Å²) in [4.78, 5) is 25.3. The summed E-state index contributed by atoms with van der Waals surface area (Å²) in [5.74, 6) is -4.11. The van der Waals surface area contributed by atoms with Crippen molar-refractivity contribution in [1.82, 2.24) is 4.31 Å². The molecule has 0 radical (unpaired) electrons. The van der Waals surface area contributed by atoms with Crippen molar-refractivity contribution in [3.05, 3.63) is 0 Å². The van der Waals surface area contributed by atoms with Gasteiger partial charge in [0.25, 0.3) is 0 Å². The summed E-state index contributed by atoms with van der Waals surface area (Å²) in [6.07, 6.45) is 0.124. The van der Waals surface area contributed by atoms with E-state index in [-0.39, 0.29) is 23.8 Å². The fourth-order valence-electron chi connectivity index (χ4n) is 6.89. The zero-order valence-electron chi connectivity index (χ0n) is 21.9. The first-order chi connectivity index (χ1) is 15.4. The molecule has 1 N–H and O–H groups in total. The Labute approximate surface area is 203 Å². The molecule has 9 nitrogen and oxygen atoms in total. The number of carbonyl (C=O) groups is 2. The van der Waals surface area contributed by atoms with Crippen molar-refractivity contribution in [2.24, 2.45) is 22.7 Å². The normalized spacial score (nSPS) is 36.5. The Kier molecular flexibility index (Phi) is 6.78. The number of ether oxygens (including phenoxy) is 3. The first-order valence-electron chi connectivity index (χ1n) is 12.1. The first kappa shape index (κ1) is 27.4. The smallest absolute Gasteiger partial charge is 0.341 e. The van der Waals surface area contributed by atoms with Crippen molar-refractivity contribution in [3.8, 4) is 0 Å². The lowest BCUT2D eigenvalue weighted by molar-refractivity contribution is -0.261. The van der Waals surface area contributed by atoms with Gasteiger partial charge in [0.15, 0.2) is 11.7 Å². The summed E-state index contributed by atoms with van der Waals surface area (Å²) in [5, 5.41) is 10.5. The van der Waals surface area contributed by atoms with Gasteiger partial charge in [0.05, 0.1) is 18.3 Å². The van der Waals surface area contributed by atoms with Crippen molar-refractivity contribution in [2.45, 2.75) is 104 Å². The number of methoxy groups -OCH3 is 1. The van der Waals surface area contributed by atoms with Crippen LogP contribution in [0.25, 0.3) is 0 Å². The Morgan fingerprint density at radius 2 is 1.74 bits per heavy atom. The molecular formula is C24H41NO8S. The Balaban J connectivity index is 2.07. The van der Waals surface area contributed by atoms with E-state index in [2.05, 4.69) is 4.74 Å². The van der Waals surface area contributed by atoms with E-state index in [1.165, 1.54) is 18.2 Å². The minimum Gasteiger partial charge on any atom is -0.467 e. The second kappa shape index (κ2) is 8.42. The van der Waals surface area contributed by atoms with Gasteiger partial charge in [-0.05, 0) is 58.8 Å². The third kappa shape index (κ3) is 3.62. The van der Waals surface area contributed by atoms with Gasteiger partial charge >= 0.3 is 11.9 Å². The number of rotatable bonds is 8. The van der Waals surface area contributed by atoms with Crippen LogP contribution in [0.5, 0.6) is 0 Å². The number of carbonyl (C=O) groups excluding carboxylic acids is 2. The summed E-state index contributed by atoms with van der Waals surface area (Å²) in [6.45, 7) is 14.5. The monoisotopic (exact) mass is 503 g/mol. The lowest BCUT2D eigenvalue weighted by Gasteiger charge is -2.48. The summed E-state index contributed by atoms with van der Waals surface area (Å²) in [7, 11) is -2.60. The third-order valence-corrected chi connectivity index (χ3v) is 11.4. The standard InChI is InChI=1S/C24H41NO8S/c1-14(2)25(15(3)4)34(29,30)13-23-11-10-17(21(23,6)7)12-24(23)32-20(28)22(8,33-24)16(5)18(26)19(27)31-9/h14-18,26H,10-13H2,1-9H3/t16-,17?,18?,22+,23-,24+/m0/s1. The van der Waals surface area contributed by atoms with Gasteiger partial charge < -0.3 is 19.3 Å². The van der Waals surface area contributed by atoms with Gasteiger partial charge in [-0.15, -0.1) is 0 Å². The molecule has 2 unspecified atom stereocenters. The van der Waals surface area contributed by atoms with Crippen LogP contribution >= 0.6 is 0 Å². The van der Waals surface area contributed by atoms with Crippen LogP contribution in [0, 0.1) is 22.7 Å². The molecule has 1 aliphatic heterocycles. The van der Waals surface area contributed by atoms with E-state index in [1.807, 2.05) is 41.5 Å². The average Bonchev–Trinajstić information content (AvgIpc) is 3.17. The van der Waals surface area contributed by atoms with Crippen LogP contribution in [0.3, 0.4) is 0 Å². The highest BCUT2D eigenvalue weighted by atomic mass is 32.2. The first-order valence-corrected chi connectivity index (χ1v) is 13.7. The minimum absolute atomic E-state index is 0.102. The maximum Gasteiger partial charge on any atom is 0.341 e. The SMILES string of the molecule is COC(=O)C(O)[C@H](C)[C@@]1(C)O[C@@]2(CC3CC[C@]2(CS(=O)(=O)N(C(C)C)C(C)C)C3(C)C)OC1=O. The van der Waals surface area contributed by atoms with E-state index in [1.54, 1.807) is 0 Å². The number of fused-ring (bicyclic) bond motifs is 3. The lowest BCUT2D eigenvalue weighted by Crippen LogP contribution is -2.58. The molecule has 2 aliphatic carbocycles. The minimum atomic E-state index is -3.75. The van der Waals surface area contributed by atoms with Crippen LogP contribution in [0.1, 0.15) is 74.7 Å². The summed E-state index contributed by atoms with van der Waals surface area (Å²) < 4.78 is 46.3. The van der Waals surface area contributed by atoms with Crippen molar-refractivity contribution in [2.75, 3.05) is 12.9 Å². The number of aliphatic hydroxyl groups excluding tert-OH is 1. The number of nitrogens with zero attached hydrogens (tertiary/aromatic N) is 1. The van der Waals surface area contributed by atoms with E-state index in [4.69, 9.17) is 9.47 Å². The molecule has 0 aromatic heterocycles. The van der Waals surface area contributed by atoms with Crippen molar-refractivity contribution < 1.29 is 37.3 Å². The van der Waals surface area contributed by atoms with Gasteiger partial charge in [-0.25, -0.2) is 18.0 Å². The molecule has 0 aromatic carbocycles. The van der Waals surface area contributed by atoms with Gasteiger partial charge in [0.1, 0.15) is 0 Å². The molecule has 196 valence electrons. The fraction of sp³-hybridized carbons (Fsp3) is 0.917. The zero-order chi connectivity index (χ0) is 26.1. The Hall–Kier alpha value is -1.23. The van der Waals surface area contributed by atoms with Gasteiger partial charge in [0.2, 0.25) is 15.8 Å². The third-order valence-electron chi connectivity index (χ3n) is 9.01. The second-order valence-electron chi connectivity index (χ2n) is 11.6. The summed E-state index contributed by atoms with van der Waals surface area (Å²) in [6, 6.07) is -0.460.